The van der Waals surface area contributed by atoms with E-state index in [0.717, 1.165) is 35.4 Å². The molecule has 1 atom stereocenters. The molecule has 0 radical (unpaired) electrons. The molecule has 0 spiro atoms. The van der Waals surface area contributed by atoms with Crippen LogP contribution in [0.25, 0.3) is 0 Å². The third-order valence-corrected chi connectivity index (χ3v) is 7.78. The van der Waals surface area contributed by atoms with Gasteiger partial charge in [0.05, 0.1) is 6.42 Å². The molecule has 1 saturated carbocycles. The Morgan fingerprint density at radius 3 is 2.42 bits per heavy atom. The number of ketones is 1. The molecule has 1 aliphatic carbocycles. The van der Waals surface area contributed by atoms with Crippen molar-refractivity contribution in [3.63, 3.8) is 0 Å². The average Bonchev–Trinajstić information content (AvgIpc) is 3.52. The lowest BCUT2D eigenvalue weighted by molar-refractivity contribution is -0.127. The third-order valence-electron chi connectivity index (χ3n) is 5.98. The highest BCUT2D eigenvalue weighted by atomic mass is 32.1. The first-order valence-corrected chi connectivity index (χ1v) is 13.1. The molecule has 3 aromatic rings. The quantitative estimate of drug-likeness (QED) is 0.416. The number of carbonyl (C=O) groups excluding carboxylic acids is 3. The second-order valence-electron chi connectivity index (χ2n) is 8.39. The minimum Gasteiger partial charge on any atom is -0.351 e. The largest absolute Gasteiger partial charge is 0.351 e. The summed E-state index contributed by atoms with van der Waals surface area (Å²) in [5.41, 5.74) is 1.07. The van der Waals surface area contributed by atoms with Crippen molar-refractivity contribution in [2.75, 3.05) is 4.90 Å². The van der Waals surface area contributed by atoms with Crippen LogP contribution in [0.15, 0.2) is 59.3 Å². The number of thiophene rings is 2. The zero-order chi connectivity index (χ0) is 23.2. The van der Waals surface area contributed by atoms with Gasteiger partial charge in [0.15, 0.2) is 5.78 Å². The summed E-state index contributed by atoms with van der Waals surface area (Å²) in [6.07, 6.45) is 5.54. The van der Waals surface area contributed by atoms with Crippen LogP contribution < -0.4 is 10.2 Å². The molecule has 5 nitrogen and oxygen atoms in total. The van der Waals surface area contributed by atoms with Gasteiger partial charge >= 0.3 is 0 Å². The summed E-state index contributed by atoms with van der Waals surface area (Å²) in [7, 11) is 0. The van der Waals surface area contributed by atoms with Crippen LogP contribution in [-0.2, 0) is 16.0 Å². The average molecular weight is 481 g/mol. The highest BCUT2D eigenvalue weighted by molar-refractivity contribution is 7.10. The summed E-state index contributed by atoms with van der Waals surface area (Å²) in [5.74, 6) is -0.422. The maximum absolute atomic E-state index is 13.7. The van der Waals surface area contributed by atoms with Gasteiger partial charge in [0.2, 0.25) is 11.8 Å². The highest BCUT2D eigenvalue weighted by Gasteiger charge is 2.35. The molecule has 1 aromatic carbocycles. The summed E-state index contributed by atoms with van der Waals surface area (Å²) < 4.78 is 0. The van der Waals surface area contributed by atoms with Crippen LogP contribution in [0.4, 0.5) is 5.69 Å². The Labute approximate surface area is 202 Å². The van der Waals surface area contributed by atoms with Crippen molar-refractivity contribution in [2.45, 2.75) is 57.5 Å². The number of carbonyl (C=O) groups is 3. The molecular formula is C26H28N2O3S2. The molecule has 7 heteroatoms. The van der Waals surface area contributed by atoms with Crippen molar-refractivity contribution in [3.8, 4) is 0 Å². The molecule has 172 valence electrons. The summed E-state index contributed by atoms with van der Waals surface area (Å²) >= 11 is 2.98. The van der Waals surface area contributed by atoms with Crippen LogP contribution in [-0.4, -0.2) is 23.6 Å². The molecule has 0 aliphatic heterocycles. The zero-order valence-corrected chi connectivity index (χ0v) is 20.3. The van der Waals surface area contributed by atoms with E-state index in [9.17, 15) is 14.4 Å². The first kappa shape index (κ1) is 23.4. The van der Waals surface area contributed by atoms with Gasteiger partial charge in [-0.15, -0.1) is 22.7 Å². The number of rotatable bonds is 8. The van der Waals surface area contributed by atoms with Crippen LogP contribution in [0.3, 0.4) is 0 Å². The third kappa shape index (κ3) is 5.78. The molecular weight excluding hydrogens is 452 g/mol. The van der Waals surface area contributed by atoms with Gasteiger partial charge in [-0.25, -0.2) is 0 Å². The maximum atomic E-state index is 13.7. The fourth-order valence-corrected chi connectivity index (χ4v) is 5.82. The first-order chi connectivity index (χ1) is 16.0. The maximum Gasteiger partial charge on any atom is 0.248 e. The number of amides is 2. The molecule has 1 aliphatic rings. The van der Waals surface area contributed by atoms with Crippen LogP contribution in [0.5, 0.6) is 0 Å². The van der Waals surface area contributed by atoms with Gasteiger partial charge < -0.3 is 5.32 Å². The monoisotopic (exact) mass is 480 g/mol. The van der Waals surface area contributed by atoms with E-state index in [0.29, 0.717) is 11.3 Å². The Morgan fingerprint density at radius 2 is 1.76 bits per heavy atom. The molecule has 0 bridgehead atoms. The summed E-state index contributed by atoms with van der Waals surface area (Å²) in [5, 5.41) is 7.08. The number of nitrogens with zero attached hydrogens (tertiary/aromatic N) is 1. The van der Waals surface area contributed by atoms with Gasteiger partial charge in [-0.1, -0.05) is 43.5 Å². The van der Waals surface area contributed by atoms with Crippen LogP contribution in [0.2, 0.25) is 0 Å². The van der Waals surface area contributed by atoms with Crippen LogP contribution in [0, 0.1) is 0 Å². The lowest BCUT2D eigenvalue weighted by Crippen LogP contribution is -2.47. The molecule has 2 heterocycles. The molecule has 0 unspecified atom stereocenters. The molecule has 2 aromatic heterocycles. The van der Waals surface area contributed by atoms with E-state index >= 15 is 0 Å². The van der Waals surface area contributed by atoms with E-state index in [1.54, 1.807) is 29.2 Å². The Kier molecular flexibility index (Phi) is 7.73. The van der Waals surface area contributed by atoms with Crippen molar-refractivity contribution < 1.29 is 14.4 Å². The molecule has 0 saturated heterocycles. The normalized spacial score (nSPS) is 15.1. The van der Waals surface area contributed by atoms with E-state index in [1.807, 2.05) is 35.0 Å². The number of hydrogen-bond acceptors (Lipinski definition) is 5. The van der Waals surface area contributed by atoms with E-state index in [4.69, 9.17) is 0 Å². The van der Waals surface area contributed by atoms with Crippen LogP contribution in [0.1, 0.15) is 65.2 Å². The van der Waals surface area contributed by atoms with Crippen LogP contribution >= 0.6 is 22.7 Å². The van der Waals surface area contributed by atoms with E-state index in [2.05, 4.69) is 5.32 Å². The van der Waals surface area contributed by atoms with Gasteiger partial charge in [-0.2, -0.15) is 0 Å². The van der Waals surface area contributed by atoms with Crippen molar-refractivity contribution >= 4 is 46.0 Å². The smallest absolute Gasteiger partial charge is 0.248 e. The molecule has 33 heavy (non-hydrogen) atoms. The SMILES string of the molecule is CC(=O)c1cccc(N(C(=O)Cc2cccs2)[C@@H](C(=O)NC2CCCCC2)c2cccs2)c1. The van der Waals surface area contributed by atoms with Crippen molar-refractivity contribution in [2.24, 2.45) is 0 Å². The van der Waals surface area contributed by atoms with E-state index in [-0.39, 0.29) is 30.1 Å². The summed E-state index contributed by atoms with van der Waals surface area (Å²) in [6.45, 7) is 1.50. The Bertz CT molecular complexity index is 1090. The fourth-order valence-electron chi connectivity index (χ4n) is 4.31. The summed E-state index contributed by atoms with van der Waals surface area (Å²) in [6, 6.07) is 14.0. The Morgan fingerprint density at radius 1 is 1.00 bits per heavy atom. The van der Waals surface area contributed by atoms with Crippen molar-refractivity contribution in [1.82, 2.24) is 5.32 Å². The number of benzene rings is 1. The first-order valence-electron chi connectivity index (χ1n) is 11.3. The predicted molar refractivity (Wildman–Crippen MR) is 134 cm³/mol. The second-order valence-corrected chi connectivity index (χ2v) is 10.4. The number of nitrogens with one attached hydrogen (secondary N) is 1. The van der Waals surface area contributed by atoms with Gasteiger partial charge in [-0.3, -0.25) is 19.3 Å². The lowest BCUT2D eigenvalue weighted by atomic mass is 9.95. The van der Waals surface area contributed by atoms with Gasteiger partial charge in [0, 0.05) is 27.0 Å². The topological polar surface area (TPSA) is 66.5 Å². The number of anilines is 1. The fraction of sp³-hybridized carbons (Fsp3) is 0.346. The highest BCUT2D eigenvalue weighted by Crippen LogP contribution is 2.33. The molecule has 1 N–H and O–H groups in total. The standard InChI is InChI=1S/C26H28N2O3S2/c1-18(29)19-8-5-11-21(16-19)28(24(30)17-22-12-6-14-32-22)25(23-13-7-15-33-23)26(31)27-20-9-3-2-4-10-20/h5-8,11-16,20,25H,2-4,9-10,17H2,1H3,(H,27,31)/t25-/m1/s1. The Balaban J connectivity index is 1.73. The minimum absolute atomic E-state index is 0.0816. The van der Waals surface area contributed by atoms with E-state index in [1.165, 1.54) is 36.0 Å². The van der Waals surface area contributed by atoms with Gasteiger partial charge in [0.25, 0.3) is 0 Å². The van der Waals surface area contributed by atoms with Gasteiger partial charge in [-0.05, 0) is 54.8 Å². The van der Waals surface area contributed by atoms with Gasteiger partial charge in [0.1, 0.15) is 6.04 Å². The lowest BCUT2D eigenvalue weighted by Gasteiger charge is -2.33. The minimum atomic E-state index is -0.790. The number of Topliss-reactive ketones (excluding diaryl/α,β-unsaturated/α-hetero) is 1. The predicted octanol–water partition coefficient (Wildman–Crippen LogP) is 5.78. The zero-order valence-electron chi connectivity index (χ0n) is 18.7. The van der Waals surface area contributed by atoms with Crippen molar-refractivity contribution in [3.05, 3.63) is 74.6 Å². The second kappa shape index (κ2) is 10.9. The van der Waals surface area contributed by atoms with E-state index < -0.39 is 6.04 Å². The van der Waals surface area contributed by atoms with Crippen molar-refractivity contribution in [1.29, 1.82) is 0 Å². The number of hydrogen-bond donors (Lipinski definition) is 1. The summed E-state index contributed by atoms with van der Waals surface area (Å²) in [4.78, 5) is 42.8. The molecule has 1 fully saturated rings. The Hall–Kier alpha value is -2.77. The molecule has 2 amide bonds. The molecule has 4 rings (SSSR count).